The minimum atomic E-state index is -0.935. The van der Waals surface area contributed by atoms with Crippen molar-refractivity contribution in [2.75, 3.05) is 13.2 Å². The third-order valence-corrected chi connectivity index (χ3v) is 2.79. The number of phenols is 1. The van der Waals surface area contributed by atoms with Crippen molar-refractivity contribution in [1.29, 1.82) is 0 Å². The van der Waals surface area contributed by atoms with E-state index in [0.717, 1.165) is 0 Å². The molecule has 0 radical (unpaired) electrons. The lowest BCUT2D eigenvalue weighted by Crippen LogP contribution is -2.16. The molecule has 0 amide bonds. The maximum Gasteiger partial charge on any atom is 0.303 e. The lowest BCUT2D eigenvalue weighted by molar-refractivity contribution is -0.136. The molecule has 1 heterocycles. The predicted octanol–water partition coefficient (Wildman–Crippen LogP) is 1.83. The molecule has 1 aromatic rings. The van der Waals surface area contributed by atoms with Crippen molar-refractivity contribution in [1.82, 2.24) is 0 Å². The Bertz CT molecular complexity index is 458. The number of phenolic OH excluding ortho intramolecular Hbond substituents is 1. The summed E-state index contributed by atoms with van der Waals surface area (Å²) in [6.07, 6.45) is 0.112. The van der Waals surface area contributed by atoms with Crippen LogP contribution in [-0.4, -0.2) is 29.4 Å². The van der Waals surface area contributed by atoms with Crippen LogP contribution in [0.5, 0.6) is 17.2 Å². The number of carbonyl (C=O) groups is 1. The van der Waals surface area contributed by atoms with Crippen molar-refractivity contribution in [2.45, 2.75) is 12.8 Å². The number of carboxylic acids is 1. The molecule has 0 bridgehead atoms. The summed E-state index contributed by atoms with van der Waals surface area (Å²) in [5, 5.41) is 18.5. The second kappa shape index (κ2) is 4.71. The Morgan fingerprint density at radius 1 is 1.41 bits per heavy atom. The number of aryl methyl sites for hydroxylation is 1. The Balaban J connectivity index is 2.33. The van der Waals surface area contributed by atoms with Crippen LogP contribution in [0.4, 0.5) is 0 Å². The van der Waals surface area contributed by atoms with E-state index in [1.54, 1.807) is 6.07 Å². The molecule has 0 atom stereocenters. The highest BCUT2D eigenvalue weighted by molar-refractivity contribution is 6.33. The predicted molar refractivity (Wildman–Crippen MR) is 60.1 cm³/mol. The Morgan fingerprint density at radius 2 is 2.12 bits per heavy atom. The zero-order chi connectivity index (χ0) is 12.4. The van der Waals surface area contributed by atoms with Crippen LogP contribution in [0.1, 0.15) is 12.0 Å². The molecule has 1 aliphatic heterocycles. The number of hydrogen-bond donors (Lipinski definition) is 2. The summed E-state index contributed by atoms with van der Waals surface area (Å²) in [6, 6.07) is 1.57. The molecule has 0 saturated heterocycles. The molecule has 0 unspecified atom stereocenters. The largest absolute Gasteiger partial charge is 0.506 e. The molecule has 17 heavy (non-hydrogen) atoms. The first-order valence-electron chi connectivity index (χ1n) is 5.11. The Morgan fingerprint density at radius 3 is 2.82 bits per heavy atom. The molecule has 2 N–H and O–H groups in total. The van der Waals surface area contributed by atoms with Crippen LogP contribution in [0, 0.1) is 0 Å². The Hall–Kier alpha value is -1.62. The average molecular weight is 259 g/mol. The van der Waals surface area contributed by atoms with Gasteiger partial charge in [-0.15, -0.1) is 0 Å². The molecular formula is C11H11ClO5. The van der Waals surface area contributed by atoms with Gasteiger partial charge in [-0.25, -0.2) is 0 Å². The van der Waals surface area contributed by atoms with E-state index in [4.69, 9.17) is 26.2 Å². The lowest BCUT2D eigenvalue weighted by atomic mass is 10.1. The fraction of sp³-hybridized carbons (Fsp3) is 0.364. The lowest BCUT2D eigenvalue weighted by Gasteiger charge is -2.21. The van der Waals surface area contributed by atoms with E-state index in [-0.39, 0.29) is 23.6 Å². The summed E-state index contributed by atoms with van der Waals surface area (Å²) < 4.78 is 10.6. The summed E-state index contributed by atoms with van der Waals surface area (Å²) in [4.78, 5) is 10.5. The second-order valence-corrected chi connectivity index (χ2v) is 3.99. The fourth-order valence-electron chi connectivity index (χ4n) is 1.62. The summed E-state index contributed by atoms with van der Waals surface area (Å²) in [6.45, 7) is 0.785. The van der Waals surface area contributed by atoms with E-state index in [9.17, 15) is 9.90 Å². The van der Waals surface area contributed by atoms with Crippen LogP contribution < -0.4 is 9.47 Å². The number of rotatable bonds is 3. The van der Waals surface area contributed by atoms with E-state index >= 15 is 0 Å². The first kappa shape index (κ1) is 11.9. The van der Waals surface area contributed by atoms with Crippen LogP contribution in [-0.2, 0) is 11.2 Å². The number of aromatic hydroxyl groups is 1. The molecule has 92 valence electrons. The van der Waals surface area contributed by atoms with Crippen LogP contribution in [0.25, 0.3) is 0 Å². The minimum Gasteiger partial charge on any atom is -0.506 e. The highest BCUT2D eigenvalue weighted by Gasteiger charge is 2.21. The fourth-order valence-corrected chi connectivity index (χ4v) is 1.89. The normalized spacial score (nSPS) is 13.5. The number of benzene rings is 1. The van der Waals surface area contributed by atoms with Gasteiger partial charge in [0.2, 0.25) is 0 Å². The monoisotopic (exact) mass is 258 g/mol. The van der Waals surface area contributed by atoms with E-state index in [1.807, 2.05) is 0 Å². The molecule has 0 aliphatic carbocycles. The quantitative estimate of drug-likeness (QED) is 0.865. The number of hydrogen-bond acceptors (Lipinski definition) is 4. The van der Waals surface area contributed by atoms with Crippen molar-refractivity contribution in [3.8, 4) is 17.2 Å². The van der Waals surface area contributed by atoms with Crippen LogP contribution >= 0.6 is 11.6 Å². The second-order valence-electron chi connectivity index (χ2n) is 3.62. The van der Waals surface area contributed by atoms with Crippen molar-refractivity contribution >= 4 is 17.6 Å². The van der Waals surface area contributed by atoms with Gasteiger partial charge < -0.3 is 19.7 Å². The third-order valence-electron chi connectivity index (χ3n) is 2.44. The third kappa shape index (κ3) is 2.39. The molecule has 0 spiro atoms. The number of aliphatic carboxylic acids is 1. The van der Waals surface area contributed by atoms with Gasteiger partial charge in [-0.05, 0) is 18.1 Å². The summed E-state index contributed by atoms with van der Waals surface area (Å²) >= 11 is 5.93. The van der Waals surface area contributed by atoms with E-state index in [2.05, 4.69) is 0 Å². The van der Waals surface area contributed by atoms with Gasteiger partial charge in [0.05, 0.1) is 0 Å². The van der Waals surface area contributed by atoms with E-state index < -0.39 is 5.97 Å². The number of fused-ring (bicyclic) bond motifs is 1. The van der Waals surface area contributed by atoms with Gasteiger partial charge in [-0.2, -0.15) is 0 Å². The van der Waals surface area contributed by atoms with Gasteiger partial charge in [-0.3, -0.25) is 4.79 Å². The molecule has 0 aromatic heterocycles. The topological polar surface area (TPSA) is 76.0 Å². The number of ether oxygens (including phenoxy) is 2. The van der Waals surface area contributed by atoms with Crippen molar-refractivity contribution in [2.24, 2.45) is 0 Å². The summed E-state index contributed by atoms with van der Waals surface area (Å²) in [7, 11) is 0. The first-order chi connectivity index (χ1) is 8.09. The van der Waals surface area contributed by atoms with Crippen LogP contribution in [0.15, 0.2) is 6.07 Å². The Labute approximate surface area is 103 Å². The average Bonchev–Trinajstić information content (AvgIpc) is 2.32. The molecule has 0 fully saturated rings. The van der Waals surface area contributed by atoms with Gasteiger partial charge in [0.1, 0.15) is 24.0 Å². The molecule has 2 rings (SSSR count). The highest BCUT2D eigenvalue weighted by Crippen LogP contribution is 2.45. The van der Waals surface area contributed by atoms with Crippen LogP contribution in [0.2, 0.25) is 5.02 Å². The smallest absolute Gasteiger partial charge is 0.303 e. The maximum atomic E-state index is 10.5. The zero-order valence-corrected chi connectivity index (χ0v) is 9.66. The summed E-state index contributed by atoms with van der Waals surface area (Å²) in [5.41, 5.74) is 0.446. The molecule has 1 aliphatic rings. The molecule has 6 heteroatoms. The van der Waals surface area contributed by atoms with Gasteiger partial charge in [0.15, 0.2) is 11.5 Å². The van der Waals surface area contributed by atoms with Crippen LogP contribution in [0.3, 0.4) is 0 Å². The highest BCUT2D eigenvalue weighted by atomic mass is 35.5. The number of carboxylic acid groups (broad SMARTS) is 1. The van der Waals surface area contributed by atoms with E-state index in [1.165, 1.54) is 0 Å². The first-order valence-corrected chi connectivity index (χ1v) is 5.49. The van der Waals surface area contributed by atoms with Gasteiger partial charge in [0, 0.05) is 6.42 Å². The van der Waals surface area contributed by atoms with Gasteiger partial charge in [0.25, 0.3) is 0 Å². The standard InChI is InChI=1S/C11H11ClO5/c12-9-10(15)6(1-2-8(13)14)5-7-11(9)17-4-3-16-7/h5,15H,1-4H2,(H,13,14). The summed E-state index contributed by atoms with van der Waals surface area (Å²) in [5.74, 6) is -0.318. The molecule has 5 nitrogen and oxygen atoms in total. The van der Waals surface area contributed by atoms with Gasteiger partial charge >= 0.3 is 5.97 Å². The van der Waals surface area contributed by atoms with Crippen molar-refractivity contribution in [3.63, 3.8) is 0 Å². The van der Waals surface area contributed by atoms with Crippen molar-refractivity contribution < 1.29 is 24.5 Å². The molecular weight excluding hydrogens is 248 g/mol. The minimum absolute atomic E-state index is 0.0718. The van der Waals surface area contributed by atoms with Crippen molar-refractivity contribution in [3.05, 3.63) is 16.7 Å². The zero-order valence-electron chi connectivity index (χ0n) is 8.90. The maximum absolute atomic E-state index is 10.5. The van der Waals surface area contributed by atoms with E-state index in [0.29, 0.717) is 30.3 Å². The Kier molecular flexibility index (Phi) is 3.28. The SMILES string of the molecule is O=C(O)CCc1cc2c(c(Cl)c1O)OCCO2. The van der Waals surface area contributed by atoms with Gasteiger partial charge in [-0.1, -0.05) is 11.6 Å². The molecule has 0 saturated carbocycles. The molecule has 1 aromatic carbocycles. The number of halogens is 1.